The van der Waals surface area contributed by atoms with Crippen LogP contribution in [0.4, 0.5) is 0 Å². The second-order valence-corrected chi connectivity index (χ2v) is 1.70. The van der Waals surface area contributed by atoms with E-state index in [2.05, 4.69) is 9.89 Å². The number of nitrogens with zero attached hydrogens (tertiary/aromatic N) is 1. The zero-order valence-corrected chi connectivity index (χ0v) is 7.44. The summed E-state index contributed by atoms with van der Waals surface area (Å²) in [6.45, 7) is 3.71. The van der Waals surface area contributed by atoms with Crippen LogP contribution in [0.1, 0.15) is 20.3 Å². The maximum Gasteiger partial charge on any atom is 0.373 e. The van der Waals surface area contributed by atoms with Gasteiger partial charge < -0.3 is 9.94 Å². The number of esters is 1. The highest BCUT2D eigenvalue weighted by atomic mass is 16.5. The van der Waals surface area contributed by atoms with Gasteiger partial charge in [-0.2, -0.15) is 9.59 Å². The highest BCUT2D eigenvalue weighted by Gasteiger charge is 2.09. The molecule has 0 atom stereocenters. The Morgan fingerprint density at radius 1 is 1.46 bits per heavy atom. The number of ether oxygens (including phenoxy) is 1. The molecule has 0 radical (unpaired) electrons. The van der Waals surface area contributed by atoms with Crippen molar-refractivity contribution in [2.24, 2.45) is 5.16 Å². The predicted molar refractivity (Wildman–Crippen MR) is 41.2 cm³/mol. The van der Waals surface area contributed by atoms with Crippen LogP contribution in [0.25, 0.3) is 0 Å². The van der Waals surface area contributed by atoms with E-state index < -0.39 is 5.97 Å². The minimum Gasteiger partial charge on any atom is -0.461 e. The number of oxime groups is 1. The summed E-state index contributed by atoms with van der Waals surface area (Å²) >= 11 is 0. The molecule has 0 saturated heterocycles. The largest absolute Gasteiger partial charge is 0.461 e. The minimum atomic E-state index is -0.549. The highest BCUT2D eigenvalue weighted by Crippen LogP contribution is 1.88. The average molecular weight is 189 g/mol. The lowest BCUT2D eigenvalue weighted by Crippen LogP contribution is -2.16. The fourth-order valence-corrected chi connectivity index (χ4v) is 0.470. The lowest BCUT2D eigenvalue weighted by atomic mass is 10.3. The van der Waals surface area contributed by atoms with Crippen LogP contribution in [0.3, 0.4) is 0 Å². The highest BCUT2D eigenvalue weighted by molar-refractivity contribution is 6.36. The number of carbonyl (C=O) groups excluding carboxylic acids is 3. The van der Waals surface area contributed by atoms with Gasteiger partial charge in [0.1, 0.15) is 0 Å². The fourth-order valence-electron chi connectivity index (χ4n) is 0.470. The van der Waals surface area contributed by atoms with E-state index in [1.54, 1.807) is 13.8 Å². The van der Waals surface area contributed by atoms with Crippen molar-refractivity contribution in [3.63, 3.8) is 0 Å². The smallest absolute Gasteiger partial charge is 0.373 e. The van der Waals surface area contributed by atoms with Gasteiger partial charge in [-0.1, -0.05) is 12.1 Å². The van der Waals surface area contributed by atoms with Gasteiger partial charge in [0.2, 0.25) is 0 Å². The average Bonchev–Trinajstić information content (AvgIpc) is 2.08. The third-order valence-electron chi connectivity index (χ3n) is 0.967. The zero-order valence-electron chi connectivity index (χ0n) is 7.44. The van der Waals surface area contributed by atoms with Crippen LogP contribution in [-0.4, -0.2) is 29.6 Å². The molecular weight excluding hydrogens is 178 g/mol. The molecule has 0 aliphatic carbocycles. The molecule has 0 aromatic heterocycles. The van der Waals surface area contributed by atoms with E-state index in [9.17, 15) is 4.79 Å². The van der Waals surface area contributed by atoms with E-state index in [-0.39, 0.29) is 11.9 Å². The topological polar surface area (TPSA) is 93.0 Å². The summed E-state index contributed by atoms with van der Waals surface area (Å²) in [4.78, 5) is 26.9. The third-order valence-corrected chi connectivity index (χ3v) is 0.967. The summed E-state index contributed by atoms with van der Waals surface area (Å²) < 4.78 is 4.56. The van der Waals surface area contributed by atoms with Gasteiger partial charge in [-0.3, -0.25) is 0 Å². The van der Waals surface area contributed by atoms with Crippen molar-refractivity contribution < 1.29 is 24.3 Å². The molecule has 0 unspecified atom stereocenters. The molecule has 0 aliphatic rings. The normalized spacial score (nSPS) is 9.23. The van der Waals surface area contributed by atoms with Crippen LogP contribution in [0.5, 0.6) is 0 Å². The molecule has 0 heterocycles. The monoisotopic (exact) mass is 189 g/mol. The fraction of sp³-hybridized carbons (Fsp3) is 0.571. The van der Waals surface area contributed by atoms with Crippen molar-refractivity contribution in [3.05, 3.63) is 0 Å². The summed E-state index contributed by atoms with van der Waals surface area (Å²) in [5.74, 6) is -0.549. The molecular formula is C7H11NO5. The quantitative estimate of drug-likeness (QED) is 0.296. The van der Waals surface area contributed by atoms with Gasteiger partial charge in [0.15, 0.2) is 5.71 Å². The summed E-state index contributed by atoms with van der Waals surface area (Å²) in [5.41, 5.74) is 0.0573. The molecule has 6 heteroatoms. The summed E-state index contributed by atoms with van der Waals surface area (Å²) in [7, 11) is 0. The maximum atomic E-state index is 10.7. The van der Waals surface area contributed by atoms with Crippen molar-refractivity contribution in [1.82, 2.24) is 0 Å². The third kappa shape index (κ3) is 8.22. The van der Waals surface area contributed by atoms with Gasteiger partial charge in [0, 0.05) is 0 Å². The van der Waals surface area contributed by atoms with Crippen LogP contribution in [0, 0.1) is 0 Å². The maximum absolute atomic E-state index is 10.7. The molecule has 0 fully saturated rings. The number of hydrogen-bond donors (Lipinski definition) is 1. The SMILES string of the molecule is CCOC(=O)/C(CC)=N\O.O=C=O. The van der Waals surface area contributed by atoms with E-state index in [4.69, 9.17) is 14.8 Å². The Bertz CT molecular complexity index is 205. The minimum absolute atomic E-state index is 0.0573. The van der Waals surface area contributed by atoms with Crippen LogP contribution >= 0.6 is 0 Å². The molecule has 13 heavy (non-hydrogen) atoms. The predicted octanol–water partition coefficient (Wildman–Crippen LogP) is 0.206. The van der Waals surface area contributed by atoms with Crippen molar-refractivity contribution in [2.75, 3.05) is 6.61 Å². The summed E-state index contributed by atoms with van der Waals surface area (Å²) in [5, 5.41) is 11.0. The van der Waals surface area contributed by atoms with E-state index in [0.717, 1.165) is 0 Å². The van der Waals surface area contributed by atoms with Crippen LogP contribution in [0.15, 0.2) is 5.16 Å². The van der Waals surface area contributed by atoms with E-state index in [1.807, 2.05) is 0 Å². The second-order valence-electron chi connectivity index (χ2n) is 1.70. The first-order chi connectivity index (χ1) is 6.17. The first kappa shape index (κ1) is 13.9. The second kappa shape index (κ2) is 10.3. The Hall–Kier alpha value is -1.68. The lowest BCUT2D eigenvalue weighted by molar-refractivity contribution is -0.191. The van der Waals surface area contributed by atoms with Gasteiger partial charge >= 0.3 is 12.1 Å². The molecule has 0 aromatic carbocycles. The number of hydrogen-bond acceptors (Lipinski definition) is 6. The molecule has 0 aromatic rings. The Labute approximate surface area is 75.2 Å². The van der Waals surface area contributed by atoms with Gasteiger partial charge in [0.25, 0.3) is 0 Å². The Morgan fingerprint density at radius 3 is 2.15 bits per heavy atom. The molecule has 74 valence electrons. The van der Waals surface area contributed by atoms with Gasteiger partial charge in [-0.05, 0) is 13.3 Å². The van der Waals surface area contributed by atoms with E-state index in [1.165, 1.54) is 0 Å². The van der Waals surface area contributed by atoms with Crippen LogP contribution in [0.2, 0.25) is 0 Å². The summed E-state index contributed by atoms with van der Waals surface area (Å²) in [6, 6.07) is 0. The van der Waals surface area contributed by atoms with Crippen molar-refractivity contribution in [2.45, 2.75) is 20.3 Å². The van der Waals surface area contributed by atoms with Crippen molar-refractivity contribution in [1.29, 1.82) is 0 Å². The van der Waals surface area contributed by atoms with Crippen molar-refractivity contribution in [3.8, 4) is 0 Å². The molecule has 0 saturated carbocycles. The van der Waals surface area contributed by atoms with E-state index >= 15 is 0 Å². The Kier molecular flexibility index (Phi) is 11.0. The molecule has 0 aliphatic heterocycles. The van der Waals surface area contributed by atoms with Crippen LogP contribution < -0.4 is 0 Å². The Morgan fingerprint density at radius 2 is 1.92 bits per heavy atom. The first-order valence-electron chi connectivity index (χ1n) is 3.55. The molecule has 6 nitrogen and oxygen atoms in total. The van der Waals surface area contributed by atoms with E-state index in [0.29, 0.717) is 13.0 Å². The van der Waals surface area contributed by atoms with Crippen LogP contribution in [-0.2, 0) is 19.1 Å². The van der Waals surface area contributed by atoms with Crippen molar-refractivity contribution >= 4 is 17.8 Å². The standard InChI is InChI=1S/C6H11NO3.CO2/c1-3-5(7-9)6(8)10-4-2;2-1-3/h9H,3-4H2,1-2H3;/b7-5-;. The number of carbonyl (C=O) groups is 1. The first-order valence-corrected chi connectivity index (χ1v) is 3.55. The Balaban J connectivity index is 0. The molecule has 0 bridgehead atoms. The molecule has 1 N–H and O–H groups in total. The molecule has 0 amide bonds. The van der Waals surface area contributed by atoms with Gasteiger partial charge in [-0.25, -0.2) is 4.79 Å². The molecule has 0 spiro atoms. The lowest BCUT2D eigenvalue weighted by Gasteiger charge is -1.99. The van der Waals surface area contributed by atoms with Gasteiger partial charge in [0.05, 0.1) is 6.61 Å². The number of rotatable bonds is 3. The summed E-state index contributed by atoms with van der Waals surface area (Å²) in [6.07, 6.45) is 0.634. The van der Waals surface area contributed by atoms with Gasteiger partial charge in [-0.15, -0.1) is 0 Å². The zero-order chi connectivity index (χ0) is 10.7. The molecule has 0 rings (SSSR count).